The topological polar surface area (TPSA) is 47.8 Å². The van der Waals surface area contributed by atoms with Crippen molar-refractivity contribution in [2.45, 2.75) is 29.5 Å². The van der Waals surface area contributed by atoms with Crippen molar-refractivity contribution >= 4 is 10.8 Å². The first-order valence-corrected chi connectivity index (χ1v) is 7.33. The number of alkyl halides is 3. The summed E-state index contributed by atoms with van der Waals surface area (Å²) in [6.07, 6.45) is -1.83. The van der Waals surface area contributed by atoms with Gasteiger partial charge in [0.05, 0.1) is 6.04 Å². The van der Waals surface area contributed by atoms with Crippen molar-refractivity contribution in [2.75, 3.05) is 0 Å². The molecule has 0 saturated carbocycles. The molecule has 3 rings (SSSR count). The SMILES string of the molecule is O=S(c1nc2n(n1)[C@H](c1cc(F)cc(F)c1)C[C@@H]2F)C(F)F. The highest BCUT2D eigenvalue weighted by Crippen LogP contribution is 2.40. The summed E-state index contributed by atoms with van der Waals surface area (Å²) >= 11 is 0. The molecule has 1 aliphatic rings. The Balaban J connectivity index is 2.03. The minimum Gasteiger partial charge on any atom is -0.245 e. The zero-order valence-electron chi connectivity index (χ0n) is 10.7. The van der Waals surface area contributed by atoms with Gasteiger partial charge in [-0.25, -0.2) is 27.0 Å². The van der Waals surface area contributed by atoms with E-state index in [1.54, 1.807) is 0 Å². The maximum atomic E-state index is 13.9. The van der Waals surface area contributed by atoms with Gasteiger partial charge in [0, 0.05) is 12.5 Å². The van der Waals surface area contributed by atoms with Crippen LogP contribution in [0.2, 0.25) is 0 Å². The number of fused-ring (bicyclic) bond motifs is 1. The lowest BCUT2D eigenvalue weighted by molar-refractivity contribution is 0.243. The van der Waals surface area contributed by atoms with Crippen molar-refractivity contribution < 1.29 is 26.2 Å². The molecule has 3 atom stereocenters. The summed E-state index contributed by atoms with van der Waals surface area (Å²) < 4.78 is 77.5. The Labute approximate surface area is 123 Å². The van der Waals surface area contributed by atoms with Gasteiger partial charge in [0.25, 0.3) is 0 Å². The number of aromatic nitrogens is 3. The lowest BCUT2D eigenvalue weighted by atomic mass is 10.0. The molecule has 1 aromatic heterocycles. The van der Waals surface area contributed by atoms with E-state index in [9.17, 15) is 26.2 Å². The van der Waals surface area contributed by atoms with Gasteiger partial charge in [-0.05, 0) is 17.7 Å². The first-order valence-electron chi connectivity index (χ1n) is 6.12. The lowest BCUT2D eigenvalue weighted by Gasteiger charge is -2.12. The smallest absolute Gasteiger partial charge is 0.245 e. The van der Waals surface area contributed by atoms with Crippen LogP contribution < -0.4 is 0 Å². The Morgan fingerprint density at radius 2 is 1.86 bits per heavy atom. The van der Waals surface area contributed by atoms with Crippen molar-refractivity contribution in [2.24, 2.45) is 0 Å². The van der Waals surface area contributed by atoms with E-state index in [1.807, 2.05) is 0 Å². The Hall–Kier alpha value is -1.84. The number of hydrogen-bond donors (Lipinski definition) is 0. The number of hydrogen-bond acceptors (Lipinski definition) is 3. The molecule has 2 heterocycles. The van der Waals surface area contributed by atoms with Crippen molar-refractivity contribution in [3.63, 3.8) is 0 Å². The molecule has 0 spiro atoms. The van der Waals surface area contributed by atoms with Crippen LogP contribution in [0.3, 0.4) is 0 Å². The summed E-state index contributed by atoms with van der Waals surface area (Å²) in [5, 5.41) is 2.92. The highest BCUT2D eigenvalue weighted by Gasteiger charge is 2.37. The summed E-state index contributed by atoms with van der Waals surface area (Å²) in [6, 6.07) is 1.76. The van der Waals surface area contributed by atoms with E-state index >= 15 is 0 Å². The normalized spacial score (nSPS) is 22.1. The van der Waals surface area contributed by atoms with E-state index in [4.69, 9.17) is 0 Å². The Kier molecular flexibility index (Phi) is 3.71. The van der Waals surface area contributed by atoms with Gasteiger partial charge in [0.15, 0.2) is 22.8 Å². The molecule has 0 amide bonds. The fourth-order valence-corrected chi connectivity index (χ4v) is 2.88. The maximum absolute atomic E-state index is 13.9. The Morgan fingerprint density at radius 3 is 2.45 bits per heavy atom. The van der Waals surface area contributed by atoms with Gasteiger partial charge in [-0.3, -0.25) is 0 Å². The zero-order chi connectivity index (χ0) is 16.0. The first-order chi connectivity index (χ1) is 10.4. The number of benzene rings is 1. The fraction of sp³-hybridized carbons (Fsp3) is 0.333. The molecule has 0 bridgehead atoms. The van der Waals surface area contributed by atoms with Crippen LogP contribution in [0.4, 0.5) is 22.0 Å². The molecule has 1 aliphatic heterocycles. The van der Waals surface area contributed by atoms with Gasteiger partial charge in [0.1, 0.15) is 11.6 Å². The Morgan fingerprint density at radius 1 is 1.23 bits per heavy atom. The van der Waals surface area contributed by atoms with Crippen LogP contribution in [-0.4, -0.2) is 24.7 Å². The summed E-state index contributed by atoms with van der Waals surface area (Å²) in [6.45, 7) is 0. The molecule has 0 saturated heterocycles. The van der Waals surface area contributed by atoms with Crippen LogP contribution in [-0.2, 0) is 10.8 Å². The predicted octanol–water partition coefficient (Wildman–Crippen LogP) is 2.89. The minimum absolute atomic E-state index is 0.0955. The standard InChI is InChI=1S/C12H8F5N3OS/c13-6-1-5(2-7(14)3-6)9-4-8(15)10-18-12(19-20(9)10)22(21)11(16)17/h1-3,8-9,11H,4H2/t8-,9-,22?/m0/s1. The summed E-state index contributed by atoms with van der Waals surface area (Å²) in [5.74, 6) is -5.18. The van der Waals surface area contributed by atoms with Gasteiger partial charge >= 0.3 is 5.76 Å². The zero-order valence-corrected chi connectivity index (χ0v) is 11.5. The van der Waals surface area contributed by atoms with Crippen molar-refractivity contribution in [3.05, 3.63) is 41.2 Å². The average Bonchev–Trinajstić information content (AvgIpc) is 2.97. The molecule has 118 valence electrons. The van der Waals surface area contributed by atoms with Crippen LogP contribution >= 0.6 is 0 Å². The number of nitrogens with zero attached hydrogens (tertiary/aromatic N) is 3. The molecule has 22 heavy (non-hydrogen) atoms. The van der Waals surface area contributed by atoms with Crippen LogP contribution in [0.25, 0.3) is 0 Å². The van der Waals surface area contributed by atoms with Crippen LogP contribution in [0.5, 0.6) is 0 Å². The lowest BCUT2D eigenvalue weighted by Crippen LogP contribution is -2.10. The highest BCUT2D eigenvalue weighted by atomic mass is 32.2. The molecule has 0 aliphatic carbocycles. The third-order valence-electron chi connectivity index (χ3n) is 3.26. The number of rotatable bonds is 3. The first kappa shape index (κ1) is 15.1. The van der Waals surface area contributed by atoms with E-state index in [0.29, 0.717) is 6.07 Å². The van der Waals surface area contributed by atoms with Crippen LogP contribution in [0, 0.1) is 11.6 Å². The molecule has 0 N–H and O–H groups in total. The quantitative estimate of drug-likeness (QED) is 0.809. The molecule has 1 aromatic carbocycles. The van der Waals surface area contributed by atoms with Crippen LogP contribution in [0.15, 0.2) is 23.4 Å². The van der Waals surface area contributed by atoms with E-state index in [2.05, 4.69) is 10.1 Å². The monoisotopic (exact) mass is 337 g/mol. The second kappa shape index (κ2) is 5.41. The van der Waals surface area contributed by atoms with Crippen LogP contribution in [0.1, 0.15) is 30.0 Å². The summed E-state index contributed by atoms with van der Waals surface area (Å²) in [7, 11) is -2.78. The molecular weight excluding hydrogens is 329 g/mol. The summed E-state index contributed by atoms with van der Waals surface area (Å²) in [4.78, 5) is 3.52. The highest BCUT2D eigenvalue weighted by molar-refractivity contribution is 7.85. The third-order valence-corrected chi connectivity index (χ3v) is 4.11. The van der Waals surface area contributed by atoms with E-state index < -0.39 is 45.6 Å². The van der Waals surface area contributed by atoms with Gasteiger partial charge in [-0.15, -0.1) is 5.10 Å². The van der Waals surface area contributed by atoms with E-state index in [-0.39, 0.29) is 17.8 Å². The Bertz CT molecular complexity index is 730. The van der Waals surface area contributed by atoms with Gasteiger partial charge in [-0.2, -0.15) is 8.78 Å². The fourth-order valence-electron chi connectivity index (χ4n) is 2.37. The van der Waals surface area contributed by atoms with Crippen molar-refractivity contribution in [1.82, 2.24) is 14.8 Å². The number of halogens is 5. The largest absolute Gasteiger partial charge is 0.319 e. The second-order valence-corrected chi connectivity index (χ2v) is 5.99. The molecule has 2 aromatic rings. The average molecular weight is 337 g/mol. The molecule has 4 nitrogen and oxygen atoms in total. The molecule has 1 unspecified atom stereocenters. The minimum atomic E-state index is -3.20. The van der Waals surface area contributed by atoms with Gasteiger partial charge < -0.3 is 0 Å². The summed E-state index contributed by atoms with van der Waals surface area (Å²) in [5.41, 5.74) is 0.0955. The van der Waals surface area contributed by atoms with Crippen molar-refractivity contribution in [3.8, 4) is 0 Å². The predicted molar refractivity (Wildman–Crippen MR) is 65.4 cm³/mol. The van der Waals surface area contributed by atoms with E-state index in [1.165, 1.54) is 0 Å². The van der Waals surface area contributed by atoms with Crippen molar-refractivity contribution in [1.29, 1.82) is 0 Å². The molecular formula is C12H8F5N3OS. The third kappa shape index (κ3) is 2.51. The van der Waals surface area contributed by atoms with Gasteiger partial charge in [-0.1, -0.05) is 0 Å². The molecule has 0 radical (unpaired) electrons. The maximum Gasteiger partial charge on any atom is 0.319 e. The molecule has 10 heteroatoms. The van der Waals surface area contributed by atoms with E-state index in [0.717, 1.165) is 16.8 Å². The second-order valence-electron chi connectivity index (χ2n) is 4.68. The van der Waals surface area contributed by atoms with Gasteiger partial charge in [0.2, 0.25) is 5.16 Å². The molecule has 0 fully saturated rings.